The molecule has 2 nitrogen and oxygen atoms in total. The van der Waals surface area contributed by atoms with Gasteiger partial charge in [-0.25, -0.2) is 0 Å². The maximum absolute atomic E-state index is 6.02. The first-order chi connectivity index (χ1) is 8.08. The Labute approximate surface area is 109 Å². The van der Waals surface area contributed by atoms with Crippen molar-refractivity contribution < 1.29 is 8.85 Å². The summed E-state index contributed by atoms with van der Waals surface area (Å²) in [4.78, 5) is 0. The van der Waals surface area contributed by atoms with Gasteiger partial charge in [0.25, 0.3) is 0 Å². The smallest absolute Gasteiger partial charge is 0.327 e. The van der Waals surface area contributed by atoms with Crippen molar-refractivity contribution in [3.05, 3.63) is 12.7 Å². The lowest BCUT2D eigenvalue weighted by molar-refractivity contribution is 0.171. The largest absolute Gasteiger partial charge is 0.396 e. The summed E-state index contributed by atoms with van der Waals surface area (Å²) in [7, 11) is -1.59. The van der Waals surface area contributed by atoms with Gasteiger partial charge >= 0.3 is 9.28 Å². The zero-order valence-electron chi connectivity index (χ0n) is 12.1. The molecule has 0 saturated heterocycles. The molecule has 0 N–H and O–H groups in total. The van der Waals surface area contributed by atoms with Crippen molar-refractivity contribution in [1.82, 2.24) is 0 Å². The molecule has 0 radical (unpaired) electrons. The molecule has 0 saturated carbocycles. The van der Waals surface area contributed by atoms with Crippen molar-refractivity contribution in [2.75, 3.05) is 13.2 Å². The fourth-order valence-corrected chi connectivity index (χ4v) is 3.76. The van der Waals surface area contributed by atoms with Gasteiger partial charge in [0, 0.05) is 18.3 Å². The molecule has 0 unspecified atom stereocenters. The third-order valence-electron chi connectivity index (χ3n) is 2.84. The van der Waals surface area contributed by atoms with Gasteiger partial charge in [-0.1, -0.05) is 46.6 Å². The zero-order valence-corrected chi connectivity index (χ0v) is 13.3. The summed E-state index contributed by atoms with van der Waals surface area (Å²) in [6, 6.07) is 0. The summed E-state index contributed by atoms with van der Waals surface area (Å²) in [5, 5.41) is 0.142. The van der Waals surface area contributed by atoms with Crippen molar-refractivity contribution in [3.8, 4) is 0 Å². The van der Waals surface area contributed by atoms with Crippen molar-refractivity contribution in [2.24, 2.45) is 0 Å². The highest BCUT2D eigenvalue weighted by Crippen LogP contribution is 2.34. The molecule has 0 aliphatic carbocycles. The first-order valence-electron chi connectivity index (χ1n) is 6.92. The number of allylic oxidation sites excluding steroid dienone is 1. The average Bonchev–Trinajstić information content (AvgIpc) is 2.27. The van der Waals surface area contributed by atoms with Crippen LogP contribution in [0.25, 0.3) is 0 Å². The Morgan fingerprint density at radius 1 is 1.06 bits per heavy atom. The molecule has 0 aliphatic heterocycles. The molecule has 0 aromatic carbocycles. The molecule has 102 valence electrons. The van der Waals surface area contributed by atoms with E-state index in [4.69, 9.17) is 8.85 Å². The van der Waals surface area contributed by atoms with Crippen LogP contribution < -0.4 is 0 Å². The first-order valence-corrected chi connectivity index (χ1v) is 8.44. The van der Waals surface area contributed by atoms with Gasteiger partial charge in [0.15, 0.2) is 0 Å². The van der Waals surface area contributed by atoms with Crippen LogP contribution in [0.4, 0.5) is 0 Å². The van der Waals surface area contributed by atoms with Gasteiger partial charge in [-0.2, -0.15) is 0 Å². The summed E-state index contributed by atoms with van der Waals surface area (Å²) in [5.74, 6) is 0. The Balaban J connectivity index is 4.21. The fraction of sp³-hybridized carbons (Fsp3) is 0.857. The standard InChI is InChI=1S/C14H30O2Si/c1-6-9-12-15-17(16-13-10-7-2)14(4,5)11-8-3/h8,17H,3,6-7,9-13H2,1-2,4-5H3. The molecule has 0 fully saturated rings. The predicted octanol–water partition coefficient (Wildman–Crippen LogP) is 4.20. The fourth-order valence-electron chi connectivity index (χ4n) is 1.64. The highest BCUT2D eigenvalue weighted by molar-refractivity contribution is 6.48. The Kier molecular flexibility index (Phi) is 9.79. The predicted molar refractivity (Wildman–Crippen MR) is 77.7 cm³/mol. The first kappa shape index (κ1) is 16.9. The number of unbranched alkanes of at least 4 members (excludes halogenated alkanes) is 2. The van der Waals surface area contributed by atoms with Crippen LogP contribution in [0.2, 0.25) is 5.04 Å². The number of hydrogen-bond donors (Lipinski definition) is 0. The van der Waals surface area contributed by atoms with Crippen LogP contribution in [0.15, 0.2) is 12.7 Å². The highest BCUT2D eigenvalue weighted by atomic mass is 28.3. The van der Waals surface area contributed by atoms with Crippen molar-refractivity contribution in [2.45, 2.75) is 64.8 Å². The average molecular weight is 258 g/mol. The Morgan fingerprint density at radius 2 is 1.53 bits per heavy atom. The van der Waals surface area contributed by atoms with Gasteiger partial charge in [0.1, 0.15) is 0 Å². The molecule has 0 spiro atoms. The lowest BCUT2D eigenvalue weighted by Crippen LogP contribution is -2.35. The van der Waals surface area contributed by atoms with Crippen LogP contribution in [-0.2, 0) is 8.85 Å². The van der Waals surface area contributed by atoms with Crippen LogP contribution >= 0.6 is 0 Å². The lowest BCUT2D eigenvalue weighted by Gasteiger charge is -2.31. The third-order valence-corrected chi connectivity index (χ3v) is 5.43. The molecule has 0 atom stereocenters. The normalized spacial score (nSPS) is 12.1. The molecular formula is C14H30O2Si. The molecule has 0 heterocycles. The van der Waals surface area contributed by atoms with E-state index in [1.54, 1.807) is 0 Å². The van der Waals surface area contributed by atoms with E-state index in [9.17, 15) is 0 Å². The minimum atomic E-state index is -1.59. The van der Waals surface area contributed by atoms with Gasteiger partial charge in [-0.3, -0.25) is 0 Å². The number of rotatable bonds is 11. The highest BCUT2D eigenvalue weighted by Gasteiger charge is 2.33. The van der Waals surface area contributed by atoms with E-state index in [2.05, 4.69) is 34.3 Å². The number of hydrogen-bond acceptors (Lipinski definition) is 2. The van der Waals surface area contributed by atoms with E-state index in [1.807, 2.05) is 6.08 Å². The molecule has 3 heteroatoms. The van der Waals surface area contributed by atoms with Crippen LogP contribution in [0.5, 0.6) is 0 Å². The SMILES string of the molecule is C=CCC(C)(C)[SiH](OCCCC)OCCCC. The van der Waals surface area contributed by atoms with Crippen molar-refractivity contribution in [1.29, 1.82) is 0 Å². The minimum absolute atomic E-state index is 0.142. The summed E-state index contributed by atoms with van der Waals surface area (Å²) in [5.41, 5.74) is 0. The quantitative estimate of drug-likeness (QED) is 0.314. The minimum Gasteiger partial charge on any atom is -0.396 e. The maximum atomic E-state index is 6.02. The lowest BCUT2D eigenvalue weighted by atomic mass is 10.1. The van der Waals surface area contributed by atoms with Gasteiger partial charge in [-0.05, 0) is 19.3 Å². The molecular weight excluding hydrogens is 228 g/mol. The second kappa shape index (κ2) is 9.86. The monoisotopic (exact) mass is 258 g/mol. The molecule has 17 heavy (non-hydrogen) atoms. The Morgan fingerprint density at radius 3 is 1.88 bits per heavy atom. The topological polar surface area (TPSA) is 18.5 Å². The summed E-state index contributed by atoms with van der Waals surface area (Å²) in [6.45, 7) is 14.4. The summed E-state index contributed by atoms with van der Waals surface area (Å²) in [6.07, 6.45) is 7.57. The third kappa shape index (κ3) is 7.74. The van der Waals surface area contributed by atoms with Gasteiger partial charge < -0.3 is 8.85 Å². The second-order valence-corrected chi connectivity index (χ2v) is 8.16. The molecule has 0 rings (SSSR count). The Hall–Kier alpha value is -0.123. The van der Waals surface area contributed by atoms with E-state index in [-0.39, 0.29) is 5.04 Å². The van der Waals surface area contributed by atoms with Crippen LogP contribution in [-0.4, -0.2) is 22.5 Å². The molecule has 0 bridgehead atoms. The second-order valence-electron chi connectivity index (χ2n) is 5.26. The van der Waals surface area contributed by atoms with E-state index >= 15 is 0 Å². The summed E-state index contributed by atoms with van der Waals surface area (Å²) >= 11 is 0. The molecule has 0 aromatic heterocycles. The van der Waals surface area contributed by atoms with Crippen LogP contribution in [0, 0.1) is 0 Å². The summed E-state index contributed by atoms with van der Waals surface area (Å²) < 4.78 is 12.0. The van der Waals surface area contributed by atoms with E-state index in [1.165, 1.54) is 12.8 Å². The van der Waals surface area contributed by atoms with Gasteiger partial charge in [0.05, 0.1) is 0 Å². The molecule has 0 amide bonds. The zero-order chi connectivity index (χ0) is 13.1. The van der Waals surface area contributed by atoms with Gasteiger partial charge in [-0.15, -0.1) is 6.58 Å². The van der Waals surface area contributed by atoms with E-state index in [0.717, 1.165) is 32.5 Å². The Bertz CT molecular complexity index is 183. The van der Waals surface area contributed by atoms with Crippen molar-refractivity contribution >= 4 is 9.28 Å². The maximum Gasteiger partial charge on any atom is 0.327 e. The van der Waals surface area contributed by atoms with Crippen molar-refractivity contribution in [3.63, 3.8) is 0 Å². The van der Waals surface area contributed by atoms with Gasteiger partial charge in [0.2, 0.25) is 0 Å². The van der Waals surface area contributed by atoms with Crippen LogP contribution in [0.3, 0.4) is 0 Å². The molecule has 0 aromatic rings. The molecule has 0 aliphatic rings. The van der Waals surface area contributed by atoms with E-state index < -0.39 is 9.28 Å². The van der Waals surface area contributed by atoms with E-state index in [0.29, 0.717) is 0 Å². The van der Waals surface area contributed by atoms with Crippen LogP contribution in [0.1, 0.15) is 59.8 Å².